The molecular formula is C11H19F2NOS. The van der Waals surface area contributed by atoms with Gasteiger partial charge < -0.3 is 4.55 Å². The number of rotatable bonds is 2. The predicted octanol–water partition coefficient (Wildman–Crippen LogP) is 3.34. The SMILES string of the molecule is CC(C)(C)[S+]([O-])N=C[C@@H]1CCCC(F)(F)C1. The lowest BCUT2D eigenvalue weighted by molar-refractivity contribution is -0.0420. The number of halogens is 2. The summed E-state index contributed by atoms with van der Waals surface area (Å²) in [6.07, 6.45) is 2.53. The van der Waals surface area contributed by atoms with Crippen LogP contribution in [0.1, 0.15) is 46.5 Å². The number of hydrogen-bond acceptors (Lipinski definition) is 2. The van der Waals surface area contributed by atoms with Gasteiger partial charge in [0.15, 0.2) is 0 Å². The van der Waals surface area contributed by atoms with Gasteiger partial charge in [-0.25, -0.2) is 8.78 Å². The Bertz CT molecular complexity index is 263. The van der Waals surface area contributed by atoms with Crippen LogP contribution in [0.15, 0.2) is 4.40 Å². The van der Waals surface area contributed by atoms with Crippen molar-refractivity contribution < 1.29 is 13.3 Å². The summed E-state index contributed by atoms with van der Waals surface area (Å²) in [6.45, 7) is 5.45. The van der Waals surface area contributed by atoms with Crippen LogP contribution in [-0.2, 0) is 11.4 Å². The summed E-state index contributed by atoms with van der Waals surface area (Å²) in [5.41, 5.74) is 0. The van der Waals surface area contributed by atoms with Gasteiger partial charge in [0.05, 0.1) is 6.21 Å². The molecule has 0 N–H and O–H groups in total. The zero-order chi connectivity index (χ0) is 12.4. The quantitative estimate of drug-likeness (QED) is 0.547. The molecule has 0 aliphatic heterocycles. The monoisotopic (exact) mass is 251 g/mol. The van der Waals surface area contributed by atoms with Crippen LogP contribution in [0.3, 0.4) is 0 Å². The Kier molecular flexibility index (Phi) is 4.35. The molecule has 0 bridgehead atoms. The van der Waals surface area contributed by atoms with Crippen LogP contribution >= 0.6 is 0 Å². The van der Waals surface area contributed by atoms with E-state index >= 15 is 0 Å². The summed E-state index contributed by atoms with van der Waals surface area (Å²) < 4.78 is 41.2. The largest absolute Gasteiger partial charge is 0.591 e. The van der Waals surface area contributed by atoms with Crippen molar-refractivity contribution in [2.45, 2.75) is 57.1 Å². The van der Waals surface area contributed by atoms with E-state index in [4.69, 9.17) is 0 Å². The standard InChI is InChI=1S/C11H19F2NOS/c1-10(2,3)16(15)14-8-9-5-4-6-11(12,13)7-9/h8-9H,4-7H2,1-3H3/t9-,16?/m1/s1. The zero-order valence-electron chi connectivity index (χ0n) is 10.0. The Hall–Kier alpha value is -0.160. The van der Waals surface area contributed by atoms with Crippen LogP contribution in [0.4, 0.5) is 8.78 Å². The first kappa shape index (κ1) is 13.9. The van der Waals surface area contributed by atoms with Gasteiger partial charge in [0.25, 0.3) is 0 Å². The van der Waals surface area contributed by atoms with Gasteiger partial charge in [0.2, 0.25) is 5.92 Å². The molecule has 0 amide bonds. The highest BCUT2D eigenvalue weighted by Crippen LogP contribution is 2.36. The molecule has 0 aromatic heterocycles. The van der Waals surface area contributed by atoms with Crippen molar-refractivity contribution in [2.75, 3.05) is 0 Å². The molecule has 94 valence electrons. The first-order chi connectivity index (χ1) is 7.21. The number of hydrogen-bond donors (Lipinski definition) is 0. The lowest BCUT2D eigenvalue weighted by Gasteiger charge is -2.26. The average molecular weight is 251 g/mol. The van der Waals surface area contributed by atoms with Crippen LogP contribution < -0.4 is 0 Å². The second-order valence-electron chi connectivity index (χ2n) is 5.33. The van der Waals surface area contributed by atoms with Crippen LogP contribution in [0, 0.1) is 5.92 Å². The highest BCUT2D eigenvalue weighted by Gasteiger charge is 2.36. The van der Waals surface area contributed by atoms with Gasteiger partial charge in [-0.15, -0.1) is 0 Å². The molecule has 0 spiro atoms. The summed E-state index contributed by atoms with van der Waals surface area (Å²) in [6, 6.07) is 0. The van der Waals surface area contributed by atoms with Gasteiger partial charge >= 0.3 is 0 Å². The molecule has 5 heteroatoms. The molecule has 2 atom stereocenters. The fourth-order valence-electron chi connectivity index (χ4n) is 1.64. The van der Waals surface area contributed by atoms with E-state index in [0.717, 1.165) is 6.42 Å². The first-order valence-corrected chi connectivity index (χ1v) is 6.65. The fraction of sp³-hybridized carbons (Fsp3) is 0.909. The molecule has 0 heterocycles. The Morgan fingerprint density at radius 2 is 2.06 bits per heavy atom. The molecule has 1 unspecified atom stereocenters. The van der Waals surface area contributed by atoms with Crippen molar-refractivity contribution in [2.24, 2.45) is 10.3 Å². The maximum Gasteiger partial charge on any atom is 0.248 e. The lowest BCUT2D eigenvalue weighted by atomic mass is 9.87. The summed E-state index contributed by atoms with van der Waals surface area (Å²) in [5.74, 6) is -2.80. The van der Waals surface area contributed by atoms with E-state index in [1.807, 2.05) is 20.8 Å². The van der Waals surface area contributed by atoms with Gasteiger partial charge in [-0.3, -0.25) is 0 Å². The second-order valence-corrected chi connectivity index (χ2v) is 7.26. The van der Waals surface area contributed by atoms with Crippen LogP contribution in [0.2, 0.25) is 0 Å². The minimum Gasteiger partial charge on any atom is -0.591 e. The van der Waals surface area contributed by atoms with E-state index in [1.54, 1.807) is 0 Å². The average Bonchev–Trinajstić information content (AvgIpc) is 2.11. The lowest BCUT2D eigenvalue weighted by Crippen LogP contribution is -2.29. The molecule has 0 saturated heterocycles. The molecule has 1 saturated carbocycles. The Balaban J connectivity index is 2.51. The molecular weight excluding hydrogens is 232 g/mol. The normalized spacial score (nSPS) is 28.2. The topological polar surface area (TPSA) is 35.4 Å². The molecule has 0 radical (unpaired) electrons. The molecule has 0 aromatic carbocycles. The van der Waals surface area contributed by atoms with Gasteiger partial charge in [0.1, 0.15) is 16.1 Å². The number of nitrogens with zero attached hydrogens (tertiary/aromatic N) is 1. The Labute approximate surface area is 98.8 Å². The third-order valence-corrected chi connectivity index (χ3v) is 3.93. The fourth-order valence-corrected chi connectivity index (χ4v) is 2.24. The number of alkyl halides is 2. The van der Waals surface area contributed by atoms with Gasteiger partial charge in [-0.2, -0.15) is 0 Å². The summed E-state index contributed by atoms with van der Waals surface area (Å²) >= 11 is -1.34. The van der Waals surface area contributed by atoms with Crippen molar-refractivity contribution in [1.29, 1.82) is 0 Å². The van der Waals surface area contributed by atoms with E-state index < -0.39 is 22.0 Å². The highest BCUT2D eigenvalue weighted by molar-refractivity contribution is 7.91. The zero-order valence-corrected chi connectivity index (χ0v) is 10.8. The molecule has 1 rings (SSSR count). The molecule has 2 nitrogen and oxygen atoms in total. The Morgan fingerprint density at radius 3 is 2.56 bits per heavy atom. The minimum absolute atomic E-state index is 0.0281. The molecule has 16 heavy (non-hydrogen) atoms. The highest BCUT2D eigenvalue weighted by atomic mass is 32.2. The van der Waals surface area contributed by atoms with Crippen molar-refractivity contribution in [3.63, 3.8) is 0 Å². The molecule has 0 aromatic rings. The minimum atomic E-state index is -2.57. The van der Waals surface area contributed by atoms with Gasteiger partial charge in [0, 0.05) is 18.8 Å². The van der Waals surface area contributed by atoms with E-state index in [0.29, 0.717) is 6.42 Å². The molecule has 1 aliphatic carbocycles. The summed E-state index contributed by atoms with van der Waals surface area (Å²) in [4.78, 5) is 0. The van der Waals surface area contributed by atoms with E-state index in [2.05, 4.69) is 4.40 Å². The summed E-state index contributed by atoms with van der Waals surface area (Å²) in [7, 11) is 0. The van der Waals surface area contributed by atoms with Crippen LogP contribution in [-0.4, -0.2) is 21.4 Å². The maximum atomic E-state index is 13.1. The van der Waals surface area contributed by atoms with Crippen molar-refractivity contribution in [3.05, 3.63) is 0 Å². The van der Waals surface area contributed by atoms with E-state index in [9.17, 15) is 13.3 Å². The second kappa shape index (κ2) is 5.00. The smallest absolute Gasteiger partial charge is 0.248 e. The van der Waals surface area contributed by atoms with Crippen molar-refractivity contribution in [3.8, 4) is 0 Å². The summed E-state index contributed by atoms with van der Waals surface area (Å²) in [5, 5.41) is 0. The predicted molar refractivity (Wildman–Crippen MR) is 63.3 cm³/mol. The van der Waals surface area contributed by atoms with E-state index in [-0.39, 0.29) is 18.8 Å². The van der Waals surface area contributed by atoms with Gasteiger partial charge in [-0.1, -0.05) is 4.40 Å². The van der Waals surface area contributed by atoms with Gasteiger partial charge in [-0.05, 0) is 33.6 Å². The van der Waals surface area contributed by atoms with Crippen LogP contribution in [0.25, 0.3) is 0 Å². The third kappa shape index (κ3) is 4.37. The Morgan fingerprint density at radius 1 is 1.44 bits per heavy atom. The third-order valence-electron chi connectivity index (χ3n) is 2.57. The first-order valence-electron chi connectivity index (χ1n) is 5.55. The van der Waals surface area contributed by atoms with E-state index in [1.165, 1.54) is 6.21 Å². The van der Waals surface area contributed by atoms with Crippen molar-refractivity contribution >= 4 is 17.6 Å². The molecule has 1 aliphatic rings. The van der Waals surface area contributed by atoms with Crippen molar-refractivity contribution in [1.82, 2.24) is 0 Å². The molecule has 1 fully saturated rings. The van der Waals surface area contributed by atoms with Crippen LogP contribution in [0.5, 0.6) is 0 Å². The maximum absolute atomic E-state index is 13.1.